The smallest absolute Gasteiger partial charge is 0.237 e. The van der Waals surface area contributed by atoms with Crippen LogP contribution in [0.3, 0.4) is 0 Å². The number of nitrogens with zero attached hydrogens (tertiary/aromatic N) is 2. The minimum absolute atomic E-state index is 0.0695. The quantitative estimate of drug-likeness (QED) is 0.518. The molecule has 2 saturated heterocycles. The number of amides is 1. The maximum atomic E-state index is 13.0. The number of hydrogen-bond acceptors (Lipinski definition) is 5. The highest BCUT2D eigenvalue weighted by atomic mass is 16.3. The van der Waals surface area contributed by atoms with Crippen LogP contribution in [0.5, 0.6) is 5.75 Å². The molecule has 0 saturated carbocycles. The maximum Gasteiger partial charge on any atom is 0.237 e. The maximum absolute atomic E-state index is 13.0. The lowest BCUT2D eigenvalue weighted by Gasteiger charge is -2.27. The summed E-state index contributed by atoms with van der Waals surface area (Å²) in [5.41, 5.74) is 1.98. The van der Waals surface area contributed by atoms with E-state index in [9.17, 15) is 15.0 Å². The molecule has 154 valence electrons. The fourth-order valence-corrected chi connectivity index (χ4v) is 4.48. The zero-order valence-electron chi connectivity index (χ0n) is 16.6. The molecule has 3 unspecified atom stereocenters. The van der Waals surface area contributed by atoms with E-state index in [1.807, 2.05) is 23.1 Å². The van der Waals surface area contributed by atoms with Gasteiger partial charge in [-0.05, 0) is 55.6 Å². The van der Waals surface area contributed by atoms with Gasteiger partial charge in [-0.25, -0.2) is 0 Å². The first-order valence-corrected chi connectivity index (χ1v) is 10.4. The summed E-state index contributed by atoms with van der Waals surface area (Å²) in [6.07, 6.45) is 2.24. The number of rotatable bonds is 6. The fraction of sp³-hybridized carbons (Fsp3) is 0.435. The number of hydrogen-bond donors (Lipinski definition) is 3. The Kier molecular flexibility index (Phi) is 6.02. The molecule has 6 heteroatoms. The van der Waals surface area contributed by atoms with Crippen molar-refractivity contribution in [2.45, 2.75) is 31.5 Å². The van der Waals surface area contributed by atoms with E-state index < -0.39 is 6.23 Å². The predicted molar refractivity (Wildman–Crippen MR) is 112 cm³/mol. The highest BCUT2D eigenvalue weighted by molar-refractivity contribution is 5.79. The van der Waals surface area contributed by atoms with E-state index >= 15 is 0 Å². The summed E-state index contributed by atoms with van der Waals surface area (Å²) in [4.78, 5) is 17.1. The molecule has 2 heterocycles. The van der Waals surface area contributed by atoms with Crippen molar-refractivity contribution in [2.24, 2.45) is 5.92 Å². The Labute approximate surface area is 171 Å². The summed E-state index contributed by atoms with van der Waals surface area (Å²) in [6, 6.07) is 17.1. The van der Waals surface area contributed by atoms with Gasteiger partial charge in [0.2, 0.25) is 5.91 Å². The van der Waals surface area contributed by atoms with E-state index in [-0.39, 0.29) is 23.6 Å². The van der Waals surface area contributed by atoms with Crippen molar-refractivity contribution in [3.63, 3.8) is 0 Å². The minimum atomic E-state index is -0.677. The van der Waals surface area contributed by atoms with Gasteiger partial charge in [-0.15, -0.1) is 0 Å². The van der Waals surface area contributed by atoms with Gasteiger partial charge in [-0.3, -0.25) is 9.69 Å². The molecule has 0 radical (unpaired) electrons. The van der Waals surface area contributed by atoms with Gasteiger partial charge in [0.25, 0.3) is 0 Å². The van der Waals surface area contributed by atoms with Crippen molar-refractivity contribution in [2.75, 3.05) is 31.5 Å². The number of nitrogens with one attached hydrogen (secondary N) is 1. The molecule has 0 bridgehead atoms. The molecule has 2 aromatic rings. The van der Waals surface area contributed by atoms with Gasteiger partial charge in [0.15, 0.2) is 0 Å². The molecule has 2 fully saturated rings. The topological polar surface area (TPSA) is 76.0 Å². The van der Waals surface area contributed by atoms with Crippen molar-refractivity contribution < 1.29 is 15.0 Å². The van der Waals surface area contributed by atoms with E-state index in [4.69, 9.17) is 0 Å². The second-order valence-electron chi connectivity index (χ2n) is 8.08. The molecule has 29 heavy (non-hydrogen) atoms. The van der Waals surface area contributed by atoms with Gasteiger partial charge in [-0.2, -0.15) is 0 Å². The van der Waals surface area contributed by atoms with Gasteiger partial charge in [0, 0.05) is 24.7 Å². The summed E-state index contributed by atoms with van der Waals surface area (Å²) in [6.45, 7) is 2.74. The van der Waals surface area contributed by atoms with E-state index in [1.54, 1.807) is 24.3 Å². The first-order chi connectivity index (χ1) is 14.1. The van der Waals surface area contributed by atoms with Crippen LogP contribution in [0.1, 0.15) is 30.9 Å². The van der Waals surface area contributed by atoms with Crippen LogP contribution in [0, 0.1) is 5.92 Å². The summed E-state index contributed by atoms with van der Waals surface area (Å²) in [7, 11) is 0. The number of benzene rings is 2. The Morgan fingerprint density at radius 1 is 1.07 bits per heavy atom. The van der Waals surface area contributed by atoms with E-state index in [0.29, 0.717) is 13.1 Å². The monoisotopic (exact) mass is 395 g/mol. The molecule has 0 aliphatic carbocycles. The molecule has 2 aliphatic heterocycles. The first kappa shape index (κ1) is 19.7. The average Bonchev–Trinajstić information content (AvgIpc) is 3.40. The SMILES string of the molecule is O=C(CN1CCC(C(O)Nc2ccc(O)cc2)C1)N1CCCC1c1ccccc1. The van der Waals surface area contributed by atoms with Crippen LogP contribution in [-0.4, -0.2) is 58.3 Å². The lowest BCUT2D eigenvalue weighted by Crippen LogP contribution is -2.40. The number of aliphatic hydroxyl groups is 1. The van der Waals surface area contributed by atoms with Crippen molar-refractivity contribution >= 4 is 11.6 Å². The lowest BCUT2D eigenvalue weighted by atomic mass is 10.0. The number of phenols is 1. The highest BCUT2D eigenvalue weighted by Gasteiger charge is 2.34. The molecule has 4 rings (SSSR count). The number of likely N-dealkylation sites (tertiary alicyclic amines) is 2. The van der Waals surface area contributed by atoms with Crippen LogP contribution >= 0.6 is 0 Å². The first-order valence-electron chi connectivity index (χ1n) is 10.4. The molecular weight excluding hydrogens is 366 g/mol. The number of carbonyl (C=O) groups is 1. The Bertz CT molecular complexity index is 812. The molecular formula is C23H29N3O3. The minimum Gasteiger partial charge on any atom is -0.508 e. The van der Waals surface area contributed by atoms with Gasteiger partial charge >= 0.3 is 0 Å². The van der Waals surface area contributed by atoms with Crippen LogP contribution in [0.25, 0.3) is 0 Å². The summed E-state index contributed by atoms with van der Waals surface area (Å²) < 4.78 is 0. The fourth-order valence-electron chi connectivity index (χ4n) is 4.48. The third-order valence-electron chi connectivity index (χ3n) is 6.05. The zero-order chi connectivity index (χ0) is 20.2. The standard InChI is InChI=1S/C23H29N3O3/c27-20-10-8-19(9-11-20)24-23(29)18-12-14-25(15-18)16-22(28)26-13-4-7-21(26)17-5-2-1-3-6-17/h1-3,5-6,8-11,18,21,23-24,27,29H,4,7,12-16H2. The number of aromatic hydroxyl groups is 1. The van der Waals surface area contributed by atoms with Crippen molar-refractivity contribution in [3.05, 3.63) is 60.2 Å². The number of carbonyl (C=O) groups excluding carboxylic acids is 1. The highest BCUT2D eigenvalue weighted by Crippen LogP contribution is 2.32. The summed E-state index contributed by atoms with van der Waals surface area (Å²) in [5.74, 6) is 0.449. The third kappa shape index (κ3) is 4.71. The van der Waals surface area contributed by atoms with Crippen molar-refractivity contribution in [1.29, 1.82) is 0 Å². The van der Waals surface area contributed by atoms with Crippen molar-refractivity contribution in [1.82, 2.24) is 9.80 Å². The number of phenolic OH excluding ortho intramolecular Hbond substituents is 1. The van der Waals surface area contributed by atoms with E-state index in [2.05, 4.69) is 22.3 Å². The molecule has 3 atom stereocenters. The molecule has 0 spiro atoms. The van der Waals surface area contributed by atoms with E-state index in [1.165, 1.54) is 5.56 Å². The average molecular weight is 396 g/mol. The molecule has 6 nitrogen and oxygen atoms in total. The van der Waals surface area contributed by atoms with Crippen molar-refractivity contribution in [3.8, 4) is 5.75 Å². The van der Waals surface area contributed by atoms with Crippen LogP contribution in [0.15, 0.2) is 54.6 Å². The van der Waals surface area contributed by atoms with Crippen LogP contribution < -0.4 is 5.32 Å². The van der Waals surface area contributed by atoms with Gasteiger partial charge in [0.05, 0.1) is 12.6 Å². The molecule has 2 aromatic carbocycles. The molecule has 2 aliphatic rings. The van der Waals surface area contributed by atoms with Gasteiger partial charge in [0.1, 0.15) is 12.0 Å². The van der Waals surface area contributed by atoms with Gasteiger partial charge < -0.3 is 20.4 Å². The Balaban J connectivity index is 1.30. The third-order valence-corrected chi connectivity index (χ3v) is 6.05. The van der Waals surface area contributed by atoms with Crippen LogP contribution in [-0.2, 0) is 4.79 Å². The Hall–Kier alpha value is -2.57. The summed E-state index contributed by atoms with van der Waals surface area (Å²) in [5, 5.41) is 23.0. The Morgan fingerprint density at radius 2 is 1.83 bits per heavy atom. The lowest BCUT2D eigenvalue weighted by molar-refractivity contribution is -0.133. The second-order valence-corrected chi connectivity index (χ2v) is 8.08. The number of aliphatic hydroxyl groups excluding tert-OH is 1. The van der Waals surface area contributed by atoms with Crippen LogP contribution in [0.4, 0.5) is 5.69 Å². The number of anilines is 1. The molecule has 3 N–H and O–H groups in total. The van der Waals surface area contributed by atoms with E-state index in [0.717, 1.165) is 38.0 Å². The molecule has 1 amide bonds. The second kappa shape index (κ2) is 8.84. The van der Waals surface area contributed by atoms with Gasteiger partial charge in [-0.1, -0.05) is 30.3 Å². The zero-order valence-corrected chi connectivity index (χ0v) is 16.6. The molecule has 0 aromatic heterocycles. The summed E-state index contributed by atoms with van der Waals surface area (Å²) >= 11 is 0. The Morgan fingerprint density at radius 3 is 2.59 bits per heavy atom. The van der Waals surface area contributed by atoms with Crippen LogP contribution in [0.2, 0.25) is 0 Å². The predicted octanol–water partition coefficient (Wildman–Crippen LogP) is 2.81. The largest absolute Gasteiger partial charge is 0.508 e. The normalized spacial score (nSPS) is 23.3.